The summed E-state index contributed by atoms with van der Waals surface area (Å²) in [5.41, 5.74) is 3.59. The summed E-state index contributed by atoms with van der Waals surface area (Å²) in [5.74, 6) is 0.0251. The number of carbonyl (C=O) groups is 1. The maximum Gasteiger partial charge on any atom is 0.208 e. The smallest absolute Gasteiger partial charge is 0.208 e. The molecule has 2 aromatic rings. The van der Waals surface area contributed by atoms with Gasteiger partial charge in [0, 0.05) is 18.7 Å². The number of hydrogen-bond acceptors (Lipinski definition) is 2. The number of nitrogens with zero attached hydrogens (tertiary/aromatic N) is 1. The molecule has 0 atom stereocenters. The molecule has 0 radical (unpaired) electrons. The molecule has 1 fully saturated rings. The normalized spacial score (nSPS) is 13.2. The van der Waals surface area contributed by atoms with Crippen molar-refractivity contribution < 1.29 is 4.79 Å². The number of carbonyl (C=O) groups excluding carboxylic acids is 1. The minimum absolute atomic E-state index is 0.0251. The Morgan fingerprint density at radius 1 is 0.895 bits per heavy atom. The predicted octanol–water partition coefficient (Wildman–Crippen LogP) is 3.37. The summed E-state index contributed by atoms with van der Waals surface area (Å²) in [6.07, 6.45) is 0. The third-order valence-corrected chi connectivity index (χ3v) is 3.35. The van der Waals surface area contributed by atoms with Crippen LogP contribution < -0.4 is 0 Å². The Hall–Kier alpha value is -2.35. The van der Waals surface area contributed by atoms with E-state index in [4.69, 9.17) is 0 Å². The van der Waals surface area contributed by atoms with Crippen LogP contribution >= 0.6 is 0 Å². The number of benzene rings is 2. The first-order chi connectivity index (χ1) is 9.25. The highest BCUT2D eigenvalue weighted by molar-refractivity contribution is 6.08. The first-order valence-corrected chi connectivity index (χ1v) is 6.40. The fourth-order valence-electron chi connectivity index (χ4n) is 2.07. The van der Waals surface area contributed by atoms with Gasteiger partial charge in [0.1, 0.15) is 0 Å². The van der Waals surface area contributed by atoms with Crippen molar-refractivity contribution in [2.24, 2.45) is 0 Å². The first kappa shape index (κ1) is 11.7. The monoisotopic (exact) mass is 249 g/mol. The highest BCUT2D eigenvalue weighted by Gasteiger charge is 2.24. The first-order valence-electron chi connectivity index (χ1n) is 6.40. The second-order valence-electron chi connectivity index (χ2n) is 4.71. The summed E-state index contributed by atoms with van der Waals surface area (Å²) in [5, 5.41) is 0. The minimum Gasteiger partial charge on any atom is -0.365 e. The molecular formula is C17H15NO. The van der Waals surface area contributed by atoms with Crippen LogP contribution in [-0.2, 0) is 0 Å². The Morgan fingerprint density at radius 2 is 1.47 bits per heavy atom. The molecule has 19 heavy (non-hydrogen) atoms. The summed E-state index contributed by atoms with van der Waals surface area (Å²) in [7, 11) is 0. The van der Waals surface area contributed by atoms with Gasteiger partial charge < -0.3 is 4.90 Å². The molecule has 0 amide bonds. The molecule has 2 heteroatoms. The third-order valence-electron chi connectivity index (χ3n) is 3.35. The number of allylic oxidation sites excluding steroid dienone is 1. The van der Waals surface area contributed by atoms with Gasteiger partial charge in [0.25, 0.3) is 0 Å². The van der Waals surface area contributed by atoms with Gasteiger partial charge in [-0.3, -0.25) is 4.79 Å². The van der Waals surface area contributed by atoms with Crippen LogP contribution in [0, 0.1) is 0 Å². The van der Waals surface area contributed by atoms with Gasteiger partial charge in [-0.2, -0.15) is 0 Å². The summed E-state index contributed by atoms with van der Waals surface area (Å²) in [4.78, 5) is 14.1. The molecule has 1 aliphatic heterocycles. The largest absolute Gasteiger partial charge is 0.365 e. The molecule has 2 aromatic carbocycles. The van der Waals surface area contributed by atoms with E-state index in [2.05, 4.69) is 18.7 Å². The van der Waals surface area contributed by atoms with Crippen LogP contribution in [0.4, 0.5) is 0 Å². The van der Waals surface area contributed by atoms with E-state index < -0.39 is 0 Å². The molecule has 0 bridgehead atoms. The SMILES string of the molecule is C=C(C(=O)c1ccc(-c2ccccc2)cc1)N1CC1. The van der Waals surface area contributed by atoms with Crippen molar-refractivity contribution in [1.29, 1.82) is 0 Å². The molecule has 0 spiro atoms. The molecule has 3 rings (SSSR count). The Bertz CT molecular complexity index is 609. The van der Waals surface area contributed by atoms with E-state index >= 15 is 0 Å². The molecule has 0 aromatic heterocycles. The lowest BCUT2D eigenvalue weighted by Crippen LogP contribution is -2.09. The molecule has 0 N–H and O–H groups in total. The van der Waals surface area contributed by atoms with E-state index in [0.717, 1.165) is 24.2 Å². The van der Waals surface area contributed by atoms with Crippen LogP contribution in [0.5, 0.6) is 0 Å². The van der Waals surface area contributed by atoms with Crippen molar-refractivity contribution in [3.63, 3.8) is 0 Å². The van der Waals surface area contributed by atoms with Gasteiger partial charge in [0.15, 0.2) is 0 Å². The predicted molar refractivity (Wildman–Crippen MR) is 76.9 cm³/mol. The maximum atomic E-state index is 12.1. The zero-order valence-corrected chi connectivity index (χ0v) is 10.7. The molecule has 0 saturated carbocycles. The second-order valence-corrected chi connectivity index (χ2v) is 4.71. The number of rotatable bonds is 4. The van der Waals surface area contributed by atoms with Crippen LogP contribution in [0.15, 0.2) is 66.9 Å². The zero-order valence-electron chi connectivity index (χ0n) is 10.7. The van der Waals surface area contributed by atoms with E-state index in [1.54, 1.807) is 0 Å². The van der Waals surface area contributed by atoms with Crippen molar-refractivity contribution in [2.75, 3.05) is 13.1 Å². The second kappa shape index (κ2) is 4.73. The van der Waals surface area contributed by atoms with Crippen molar-refractivity contribution in [3.05, 3.63) is 72.4 Å². The van der Waals surface area contributed by atoms with Gasteiger partial charge >= 0.3 is 0 Å². The van der Waals surface area contributed by atoms with Gasteiger partial charge in [-0.15, -0.1) is 0 Å². The molecule has 94 valence electrons. The van der Waals surface area contributed by atoms with Gasteiger partial charge in [-0.05, 0) is 11.1 Å². The van der Waals surface area contributed by atoms with Crippen LogP contribution in [0.1, 0.15) is 10.4 Å². The lowest BCUT2D eigenvalue weighted by Gasteiger charge is -2.07. The van der Waals surface area contributed by atoms with E-state index in [9.17, 15) is 4.79 Å². The average molecular weight is 249 g/mol. The van der Waals surface area contributed by atoms with E-state index in [0.29, 0.717) is 11.3 Å². The number of Topliss-reactive ketones (excluding diaryl/α,β-unsaturated/α-hetero) is 1. The zero-order chi connectivity index (χ0) is 13.2. The third kappa shape index (κ3) is 2.43. The minimum atomic E-state index is 0.0251. The van der Waals surface area contributed by atoms with Crippen molar-refractivity contribution in [1.82, 2.24) is 4.90 Å². The highest BCUT2D eigenvalue weighted by atomic mass is 16.1. The van der Waals surface area contributed by atoms with E-state index in [1.807, 2.05) is 47.4 Å². The van der Waals surface area contributed by atoms with Crippen LogP contribution in [0.25, 0.3) is 11.1 Å². The summed E-state index contributed by atoms with van der Waals surface area (Å²) < 4.78 is 0. The van der Waals surface area contributed by atoms with Gasteiger partial charge in [-0.1, -0.05) is 61.2 Å². The standard InChI is InChI=1S/C17H15NO/c1-13(18-11-12-18)17(19)16-9-7-15(8-10-16)14-5-3-2-4-6-14/h2-10H,1,11-12H2. The Labute approximate surface area is 113 Å². The van der Waals surface area contributed by atoms with E-state index in [-0.39, 0.29) is 5.78 Å². The lowest BCUT2D eigenvalue weighted by molar-refractivity contribution is 0.101. The van der Waals surface area contributed by atoms with E-state index in [1.165, 1.54) is 0 Å². The Morgan fingerprint density at radius 3 is 2.05 bits per heavy atom. The van der Waals surface area contributed by atoms with Crippen molar-refractivity contribution in [3.8, 4) is 11.1 Å². The fraction of sp³-hybridized carbons (Fsp3) is 0.118. The maximum absolute atomic E-state index is 12.1. The number of ketones is 1. The van der Waals surface area contributed by atoms with Crippen LogP contribution in [0.2, 0.25) is 0 Å². The molecule has 2 nitrogen and oxygen atoms in total. The molecular weight excluding hydrogens is 234 g/mol. The quantitative estimate of drug-likeness (QED) is 0.470. The topological polar surface area (TPSA) is 20.1 Å². The summed E-state index contributed by atoms with van der Waals surface area (Å²) in [6, 6.07) is 17.9. The van der Waals surface area contributed by atoms with Crippen LogP contribution in [-0.4, -0.2) is 23.8 Å². The van der Waals surface area contributed by atoms with Gasteiger partial charge in [0.2, 0.25) is 5.78 Å². The molecule has 1 heterocycles. The molecule has 1 saturated heterocycles. The highest BCUT2D eigenvalue weighted by Crippen LogP contribution is 2.22. The Kier molecular flexibility index (Phi) is 2.92. The molecule has 0 unspecified atom stereocenters. The lowest BCUT2D eigenvalue weighted by atomic mass is 10.0. The van der Waals surface area contributed by atoms with Gasteiger partial charge in [0.05, 0.1) is 5.70 Å². The average Bonchev–Trinajstić information content (AvgIpc) is 3.31. The van der Waals surface area contributed by atoms with Gasteiger partial charge in [-0.25, -0.2) is 0 Å². The number of hydrogen-bond donors (Lipinski definition) is 0. The molecule has 0 aliphatic carbocycles. The van der Waals surface area contributed by atoms with Crippen molar-refractivity contribution >= 4 is 5.78 Å². The van der Waals surface area contributed by atoms with Crippen LogP contribution in [0.3, 0.4) is 0 Å². The summed E-state index contributed by atoms with van der Waals surface area (Å²) >= 11 is 0. The molecule has 1 aliphatic rings. The Balaban J connectivity index is 1.83. The van der Waals surface area contributed by atoms with Crippen molar-refractivity contribution in [2.45, 2.75) is 0 Å². The summed E-state index contributed by atoms with van der Waals surface area (Å²) in [6.45, 7) is 5.75. The fourth-order valence-corrected chi connectivity index (χ4v) is 2.07.